The van der Waals surface area contributed by atoms with E-state index in [4.69, 9.17) is 4.74 Å². The predicted molar refractivity (Wildman–Crippen MR) is 76.6 cm³/mol. The number of amides is 1. The zero-order valence-electron chi connectivity index (χ0n) is 11.7. The van der Waals surface area contributed by atoms with Crippen LogP contribution in [-0.4, -0.2) is 25.1 Å². The summed E-state index contributed by atoms with van der Waals surface area (Å²) in [5.74, 6) is 0.903. The van der Waals surface area contributed by atoms with Crippen LogP contribution in [0.1, 0.15) is 31.7 Å². The van der Waals surface area contributed by atoms with Crippen LogP contribution in [0.2, 0.25) is 0 Å². The van der Waals surface area contributed by atoms with Crippen LogP contribution in [0, 0.1) is 6.92 Å². The van der Waals surface area contributed by atoms with E-state index in [0.29, 0.717) is 6.61 Å². The second-order valence-electron chi connectivity index (χ2n) is 4.90. The molecular formula is C15H22N2O2. The molecule has 0 aromatic heterocycles. The molecule has 0 bridgehead atoms. The molecule has 104 valence electrons. The van der Waals surface area contributed by atoms with Crippen molar-refractivity contribution in [3.63, 3.8) is 0 Å². The van der Waals surface area contributed by atoms with Gasteiger partial charge in [0.1, 0.15) is 5.75 Å². The van der Waals surface area contributed by atoms with Gasteiger partial charge in [-0.25, -0.2) is 0 Å². The maximum Gasteiger partial charge on any atom is 0.241 e. The Morgan fingerprint density at radius 2 is 2.32 bits per heavy atom. The number of piperidine rings is 1. The van der Waals surface area contributed by atoms with Crippen LogP contribution < -0.4 is 15.4 Å². The molecule has 1 fully saturated rings. The molecule has 0 aliphatic carbocycles. The summed E-state index contributed by atoms with van der Waals surface area (Å²) in [6.45, 7) is 5.52. The van der Waals surface area contributed by atoms with Gasteiger partial charge in [0.05, 0.1) is 12.6 Å². The Morgan fingerprint density at radius 1 is 1.47 bits per heavy atom. The fourth-order valence-electron chi connectivity index (χ4n) is 2.33. The monoisotopic (exact) mass is 262 g/mol. The zero-order chi connectivity index (χ0) is 13.7. The van der Waals surface area contributed by atoms with Gasteiger partial charge in [0.25, 0.3) is 0 Å². The number of hydrogen-bond donors (Lipinski definition) is 2. The average molecular weight is 262 g/mol. The lowest BCUT2D eigenvalue weighted by Gasteiger charge is -2.23. The number of nitrogens with one attached hydrogen (secondary N) is 2. The van der Waals surface area contributed by atoms with Gasteiger partial charge in [-0.05, 0) is 57.0 Å². The molecule has 1 aliphatic rings. The second-order valence-corrected chi connectivity index (χ2v) is 4.90. The molecule has 1 heterocycles. The summed E-state index contributed by atoms with van der Waals surface area (Å²) in [4.78, 5) is 12.1. The van der Waals surface area contributed by atoms with E-state index in [-0.39, 0.29) is 11.9 Å². The minimum absolute atomic E-state index is 0.0558. The Hall–Kier alpha value is -1.55. The van der Waals surface area contributed by atoms with Crippen LogP contribution in [0.15, 0.2) is 18.2 Å². The number of anilines is 1. The third kappa shape index (κ3) is 3.70. The van der Waals surface area contributed by atoms with Crippen molar-refractivity contribution in [3.8, 4) is 5.75 Å². The van der Waals surface area contributed by atoms with E-state index in [2.05, 4.69) is 10.6 Å². The van der Waals surface area contributed by atoms with E-state index in [0.717, 1.165) is 42.8 Å². The first kappa shape index (κ1) is 13.9. The Bertz CT molecular complexity index is 440. The van der Waals surface area contributed by atoms with E-state index in [9.17, 15) is 4.79 Å². The topological polar surface area (TPSA) is 50.4 Å². The Labute approximate surface area is 114 Å². The molecular weight excluding hydrogens is 240 g/mol. The summed E-state index contributed by atoms with van der Waals surface area (Å²) >= 11 is 0. The first-order chi connectivity index (χ1) is 9.20. The Balaban J connectivity index is 2.00. The minimum Gasteiger partial charge on any atom is -0.494 e. The fraction of sp³-hybridized carbons (Fsp3) is 0.533. The highest BCUT2D eigenvalue weighted by molar-refractivity contribution is 5.95. The largest absolute Gasteiger partial charge is 0.494 e. The third-order valence-electron chi connectivity index (χ3n) is 3.39. The van der Waals surface area contributed by atoms with Gasteiger partial charge >= 0.3 is 0 Å². The number of rotatable bonds is 4. The van der Waals surface area contributed by atoms with Crippen molar-refractivity contribution >= 4 is 11.6 Å². The van der Waals surface area contributed by atoms with Crippen LogP contribution in [0.5, 0.6) is 5.75 Å². The number of carbonyl (C=O) groups excluding carboxylic acids is 1. The van der Waals surface area contributed by atoms with Gasteiger partial charge in [-0.1, -0.05) is 6.42 Å². The predicted octanol–water partition coefficient (Wildman–Crippen LogP) is 2.47. The van der Waals surface area contributed by atoms with Gasteiger partial charge in [-0.3, -0.25) is 4.79 Å². The molecule has 2 N–H and O–H groups in total. The lowest BCUT2D eigenvalue weighted by Crippen LogP contribution is -2.43. The highest BCUT2D eigenvalue weighted by atomic mass is 16.5. The second kappa shape index (κ2) is 6.57. The van der Waals surface area contributed by atoms with E-state index in [1.54, 1.807) is 0 Å². The number of aryl methyl sites for hydroxylation is 1. The standard InChI is InChI=1S/C15H22N2O2/c1-3-19-12-7-8-13(11(2)10-12)17-15(18)14-6-4-5-9-16-14/h7-8,10,14,16H,3-6,9H2,1-2H3,(H,17,18)/t14-/m1/s1. The van der Waals surface area contributed by atoms with Crippen LogP contribution in [-0.2, 0) is 4.79 Å². The van der Waals surface area contributed by atoms with Gasteiger partial charge in [-0.2, -0.15) is 0 Å². The van der Waals surface area contributed by atoms with Gasteiger partial charge < -0.3 is 15.4 Å². The maximum atomic E-state index is 12.1. The molecule has 0 spiro atoms. The molecule has 1 aromatic carbocycles. The number of benzene rings is 1. The summed E-state index contributed by atoms with van der Waals surface area (Å²) in [7, 11) is 0. The van der Waals surface area contributed by atoms with Crippen LogP contribution in [0.25, 0.3) is 0 Å². The summed E-state index contributed by atoms with van der Waals surface area (Å²) in [6.07, 6.45) is 3.20. The normalized spacial score (nSPS) is 18.9. The molecule has 4 nitrogen and oxygen atoms in total. The molecule has 1 aromatic rings. The molecule has 2 rings (SSSR count). The highest BCUT2D eigenvalue weighted by Gasteiger charge is 2.20. The Morgan fingerprint density at radius 3 is 2.95 bits per heavy atom. The summed E-state index contributed by atoms with van der Waals surface area (Å²) in [5.41, 5.74) is 1.89. The molecule has 1 amide bonds. The first-order valence-corrected chi connectivity index (χ1v) is 6.98. The molecule has 4 heteroatoms. The van der Waals surface area contributed by atoms with Crippen LogP contribution in [0.3, 0.4) is 0 Å². The molecule has 1 aliphatic heterocycles. The van der Waals surface area contributed by atoms with Crippen LogP contribution in [0.4, 0.5) is 5.69 Å². The lowest BCUT2D eigenvalue weighted by atomic mass is 10.0. The lowest BCUT2D eigenvalue weighted by molar-refractivity contribution is -0.118. The average Bonchev–Trinajstić information content (AvgIpc) is 2.43. The van der Waals surface area contributed by atoms with E-state index in [1.165, 1.54) is 0 Å². The number of ether oxygens (including phenoxy) is 1. The SMILES string of the molecule is CCOc1ccc(NC(=O)[C@H]2CCCCN2)c(C)c1. The van der Waals surface area contributed by atoms with Gasteiger partial charge in [0.2, 0.25) is 5.91 Å². The van der Waals surface area contributed by atoms with Crippen molar-refractivity contribution < 1.29 is 9.53 Å². The highest BCUT2D eigenvalue weighted by Crippen LogP contribution is 2.22. The minimum atomic E-state index is -0.0558. The maximum absolute atomic E-state index is 12.1. The zero-order valence-corrected chi connectivity index (χ0v) is 11.7. The summed E-state index contributed by atoms with van der Waals surface area (Å²) in [6, 6.07) is 5.69. The molecule has 0 saturated carbocycles. The van der Waals surface area contributed by atoms with Crippen molar-refractivity contribution in [2.24, 2.45) is 0 Å². The van der Waals surface area contributed by atoms with Crippen molar-refractivity contribution in [1.29, 1.82) is 0 Å². The van der Waals surface area contributed by atoms with Crippen molar-refractivity contribution in [3.05, 3.63) is 23.8 Å². The summed E-state index contributed by atoms with van der Waals surface area (Å²) in [5, 5.41) is 6.25. The van der Waals surface area contributed by atoms with Gasteiger partial charge in [0, 0.05) is 5.69 Å². The van der Waals surface area contributed by atoms with Crippen molar-refractivity contribution in [1.82, 2.24) is 5.32 Å². The van der Waals surface area contributed by atoms with E-state index >= 15 is 0 Å². The quantitative estimate of drug-likeness (QED) is 0.876. The van der Waals surface area contributed by atoms with Crippen molar-refractivity contribution in [2.45, 2.75) is 39.2 Å². The molecule has 1 atom stereocenters. The number of hydrogen-bond acceptors (Lipinski definition) is 3. The first-order valence-electron chi connectivity index (χ1n) is 6.98. The summed E-state index contributed by atoms with van der Waals surface area (Å²) < 4.78 is 5.44. The van der Waals surface area contributed by atoms with Gasteiger partial charge in [-0.15, -0.1) is 0 Å². The number of carbonyl (C=O) groups is 1. The smallest absolute Gasteiger partial charge is 0.241 e. The van der Waals surface area contributed by atoms with E-state index < -0.39 is 0 Å². The van der Waals surface area contributed by atoms with Crippen molar-refractivity contribution in [2.75, 3.05) is 18.5 Å². The molecule has 19 heavy (non-hydrogen) atoms. The molecule has 1 saturated heterocycles. The molecule has 0 radical (unpaired) electrons. The van der Waals surface area contributed by atoms with Gasteiger partial charge in [0.15, 0.2) is 0 Å². The Kier molecular flexibility index (Phi) is 4.80. The third-order valence-corrected chi connectivity index (χ3v) is 3.39. The van der Waals surface area contributed by atoms with E-state index in [1.807, 2.05) is 32.0 Å². The fourth-order valence-corrected chi connectivity index (χ4v) is 2.33. The molecule has 0 unspecified atom stereocenters. The van der Waals surface area contributed by atoms with Crippen LogP contribution >= 0.6 is 0 Å².